The largest absolute Gasteiger partial charge is 0.348 e. The summed E-state index contributed by atoms with van der Waals surface area (Å²) in [6.45, 7) is 5.34. The van der Waals surface area contributed by atoms with Crippen molar-refractivity contribution in [3.8, 4) is 0 Å². The Kier molecular flexibility index (Phi) is 4.18. The van der Waals surface area contributed by atoms with E-state index in [1.54, 1.807) is 30.3 Å². The molecule has 7 heteroatoms. The quantitative estimate of drug-likeness (QED) is 0.807. The molecule has 6 nitrogen and oxygen atoms in total. The van der Waals surface area contributed by atoms with Gasteiger partial charge in [0.15, 0.2) is 0 Å². The molecule has 0 radical (unpaired) electrons. The molecule has 3 rings (SSSR count). The van der Waals surface area contributed by atoms with Crippen molar-refractivity contribution in [1.29, 1.82) is 0 Å². The van der Waals surface area contributed by atoms with Gasteiger partial charge in [-0.2, -0.15) is 0 Å². The summed E-state index contributed by atoms with van der Waals surface area (Å²) in [5.41, 5.74) is 0.982. The Labute approximate surface area is 134 Å². The Balaban J connectivity index is 1.57. The molecule has 2 saturated heterocycles. The van der Waals surface area contributed by atoms with E-state index < -0.39 is 0 Å². The summed E-state index contributed by atoms with van der Waals surface area (Å²) in [5.74, 6) is 0.717. The normalized spacial score (nSPS) is 24.9. The number of carbonyl (C=O) groups excluding carboxylic acids is 2. The van der Waals surface area contributed by atoms with Gasteiger partial charge in [-0.15, -0.1) is 11.3 Å². The number of hydrogen-bond acceptors (Lipinski definition) is 5. The molecule has 2 amide bonds. The molecule has 0 saturated carbocycles. The molecule has 2 aliphatic heterocycles. The zero-order chi connectivity index (χ0) is 15.9. The Morgan fingerprint density at radius 1 is 1.41 bits per heavy atom. The van der Waals surface area contributed by atoms with Gasteiger partial charge in [0.05, 0.1) is 29.7 Å². The lowest BCUT2D eigenvalue weighted by atomic mass is 10.0. The standard InChI is InChI=1S/C15H22N4O2S/c1-10-16-12(9-22-10)6-19-5-11-4-18(7-13(11)15(19)21)8-14(20)17(2)3/h9,11,13H,4-8H2,1-3H3/t11-,13-/m1/s1. The average molecular weight is 322 g/mol. The highest BCUT2D eigenvalue weighted by molar-refractivity contribution is 7.09. The van der Waals surface area contributed by atoms with Crippen molar-refractivity contribution < 1.29 is 9.59 Å². The predicted octanol–water partition coefficient (Wildman–Crippen LogP) is 0.430. The third kappa shape index (κ3) is 3.01. The molecule has 120 valence electrons. The molecule has 0 aliphatic carbocycles. The maximum Gasteiger partial charge on any atom is 0.236 e. The fourth-order valence-corrected chi connectivity index (χ4v) is 3.92. The van der Waals surface area contributed by atoms with E-state index in [-0.39, 0.29) is 17.7 Å². The molecule has 0 bridgehead atoms. The monoisotopic (exact) mass is 322 g/mol. The number of rotatable bonds is 4. The lowest BCUT2D eigenvalue weighted by molar-refractivity contribution is -0.133. The summed E-state index contributed by atoms with van der Waals surface area (Å²) in [6, 6.07) is 0. The van der Waals surface area contributed by atoms with E-state index in [1.165, 1.54) is 0 Å². The highest BCUT2D eigenvalue weighted by Gasteiger charge is 2.46. The van der Waals surface area contributed by atoms with Crippen LogP contribution >= 0.6 is 11.3 Å². The van der Waals surface area contributed by atoms with E-state index in [9.17, 15) is 9.59 Å². The topological polar surface area (TPSA) is 56.8 Å². The number of fused-ring (bicyclic) bond motifs is 1. The molecule has 2 atom stereocenters. The summed E-state index contributed by atoms with van der Waals surface area (Å²) >= 11 is 1.62. The minimum Gasteiger partial charge on any atom is -0.348 e. The number of nitrogens with zero attached hydrogens (tertiary/aromatic N) is 4. The number of hydrogen-bond donors (Lipinski definition) is 0. The van der Waals surface area contributed by atoms with Crippen LogP contribution in [0, 0.1) is 18.8 Å². The maximum absolute atomic E-state index is 12.5. The molecule has 0 unspecified atom stereocenters. The van der Waals surface area contributed by atoms with Crippen LogP contribution in [0.2, 0.25) is 0 Å². The molecular formula is C15H22N4O2S. The van der Waals surface area contributed by atoms with E-state index in [1.807, 2.05) is 17.2 Å². The molecule has 1 aromatic heterocycles. The summed E-state index contributed by atoms with van der Waals surface area (Å²) in [6.07, 6.45) is 0. The van der Waals surface area contributed by atoms with Gasteiger partial charge < -0.3 is 9.80 Å². The minimum absolute atomic E-state index is 0.0506. The van der Waals surface area contributed by atoms with Gasteiger partial charge in [-0.1, -0.05) is 0 Å². The number of likely N-dealkylation sites (tertiary alicyclic amines) is 2. The lowest BCUT2D eigenvalue weighted by Crippen LogP contribution is -2.38. The number of likely N-dealkylation sites (N-methyl/N-ethyl adjacent to an activating group) is 1. The van der Waals surface area contributed by atoms with Crippen molar-refractivity contribution in [2.24, 2.45) is 11.8 Å². The third-order valence-corrected chi connectivity index (χ3v) is 5.30. The third-order valence-electron chi connectivity index (χ3n) is 4.48. The smallest absolute Gasteiger partial charge is 0.236 e. The molecule has 0 aromatic carbocycles. The van der Waals surface area contributed by atoms with Crippen LogP contribution in [0.5, 0.6) is 0 Å². The van der Waals surface area contributed by atoms with Crippen LogP contribution in [-0.2, 0) is 16.1 Å². The molecule has 3 heterocycles. The fourth-order valence-electron chi connectivity index (χ4n) is 3.31. The molecular weight excluding hydrogens is 300 g/mol. The van der Waals surface area contributed by atoms with E-state index in [0.717, 1.165) is 23.8 Å². The van der Waals surface area contributed by atoms with Gasteiger partial charge in [0.1, 0.15) is 0 Å². The van der Waals surface area contributed by atoms with Gasteiger partial charge in [-0.25, -0.2) is 4.98 Å². The Bertz CT molecular complexity index is 586. The average Bonchev–Trinajstić information content (AvgIpc) is 3.10. The first-order chi connectivity index (χ1) is 10.4. The highest BCUT2D eigenvalue weighted by atomic mass is 32.1. The van der Waals surface area contributed by atoms with Gasteiger partial charge >= 0.3 is 0 Å². The SMILES string of the molecule is Cc1nc(CN2C[C@H]3CN(CC(=O)N(C)C)C[C@H]3C2=O)cs1. The van der Waals surface area contributed by atoms with Crippen LogP contribution in [0.15, 0.2) is 5.38 Å². The first-order valence-electron chi connectivity index (χ1n) is 7.56. The van der Waals surface area contributed by atoms with Crippen LogP contribution in [0.25, 0.3) is 0 Å². The summed E-state index contributed by atoms with van der Waals surface area (Å²) < 4.78 is 0. The Morgan fingerprint density at radius 3 is 2.77 bits per heavy atom. The van der Waals surface area contributed by atoms with Gasteiger partial charge in [0, 0.05) is 45.0 Å². The van der Waals surface area contributed by atoms with Gasteiger partial charge in [0.25, 0.3) is 0 Å². The van der Waals surface area contributed by atoms with E-state index >= 15 is 0 Å². The van der Waals surface area contributed by atoms with Crippen LogP contribution in [0.4, 0.5) is 0 Å². The van der Waals surface area contributed by atoms with Crippen LogP contribution in [0.1, 0.15) is 10.7 Å². The molecule has 22 heavy (non-hydrogen) atoms. The zero-order valence-corrected chi connectivity index (χ0v) is 14.1. The van der Waals surface area contributed by atoms with Gasteiger partial charge in [-0.3, -0.25) is 14.5 Å². The highest BCUT2D eigenvalue weighted by Crippen LogP contribution is 2.33. The Morgan fingerprint density at radius 2 is 2.18 bits per heavy atom. The van der Waals surface area contributed by atoms with E-state index in [2.05, 4.69) is 9.88 Å². The van der Waals surface area contributed by atoms with Gasteiger partial charge in [-0.05, 0) is 6.92 Å². The first kappa shape index (κ1) is 15.4. The lowest BCUT2D eigenvalue weighted by Gasteiger charge is -2.22. The van der Waals surface area contributed by atoms with Crippen molar-refractivity contribution in [2.45, 2.75) is 13.5 Å². The summed E-state index contributed by atoms with van der Waals surface area (Å²) in [7, 11) is 3.53. The fraction of sp³-hybridized carbons (Fsp3) is 0.667. The van der Waals surface area contributed by atoms with E-state index in [4.69, 9.17) is 0 Å². The summed E-state index contributed by atoms with van der Waals surface area (Å²) in [4.78, 5) is 34.4. The minimum atomic E-state index is 0.0506. The van der Waals surface area contributed by atoms with E-state index in [0.29, 0.717) is 25.6 Å². The van der Waals surface area contributed by atoms with Gasteiger partial charge in [0.2, 0.25) is 11.8 Å². The maximum atomic E-state index is 12.5. The van der Waals surface area contributed by atoms with Crippen molar-refractivity contribution in [3.63, 3.8) is 0 Å². The first-order valence-corrected chi connectivity index (χ1v) is 8.44. The second kappa shape index (κ2) is 5.96. The number of thiazole rings is 1. The zero-order valence-electron chi connectivity index (χ0n) is 13.3. The molecule has 1 aromatic rings. The molecule has 2 fully saturated rings. The number of carbonyl (C=O) groups is 2. The van der Waals surface area contributed by atoms with Crippen molar-refractivity contribution in [3.05, 3.63) is 16.1 Å². The number of aromatic nitrogens is 1. The van der Waals surface area contributed by atoms with Crippen molar-refractivity contribution in [2.75, 3.05) is 40.3 Å². The molecule has 2 aliphatic rings. The second-order valence-electron chi connectivity index (χ2n) is 6.43. The van der Waals surface area contributed by atoms with Crippen molar-refractivity contribution >= 4 is 23.2 Å². The van der Waals surface area contributed by atoms with Crippen LogP contribution in [0.3, 0.4) is 0 Å². The number of aryl methyl sites for hydroxylation is 1. The van der Waals surface area contributed by atoms with Crippen LogP contribution < -0.4 is 0 Å². The summed E-state index contributed by atoms with van der Waals surface area (Å²) in [5, 5.41) is 3.06. The van der Waals surface area contributed by atoms with Crippen LogP contribution in [-0.4, -0.2) is 71.8 Å². The van der Waals surface area contributed by atoms with Crippen molar-refractivity contribution in [1.82, 2.24) is 19.7 Å². The molecule has 0 N–H and O–H groups in total. The Hall–Kier alpha value is -1.47. The number of amides is 2. The predicted molar refractivity (Wildman–Crippen MR) is 84.4 cm³/mol. The second-order valence-corrected chi connectivity index (χ2v) is 7.49. The molecule has 0 spiro atoms.